The molecule has 0 unspecified atom stereocenters. The maximum Gasteiger partial charge on any atom is 0.387 e. The van der Waals surface area contributed by atoms with Crippen LogP contribution in [0.25, 0.3) is 11.5 Å². The maximum atomic E-state index is 12.4. The molecular formula is C17H14F2N2O3S. The highest BCUT2D eigenvalue weighted by molar-refractivity contribution is 7.98. The average molecular weight is 364 g/mol. The van der Waals surface area contributed by atoms with Crippen molar-refractivity contribution in [3.05, 3.63) is 54.1 Å². The van der Waals surface area contributed by atoms with E-state index in [9.17, 15) is 8.78 Å². The van der Waals surface area contributed by atoms with Crippen LogP contribution in [0.5, 0.6) is 11.5 Å². The first-order valence-electron chi connectivity index (χ1n) is 7.30. The smallest absolute Gasteiger partial charge is 0.387 e. The summed E-state index contributed by atoms with van der Waals surface area (Å²) in [6, 6.07) is 13.9. The molecule has 1 aromatic heterocycles. The van der Waals surface area contributed by atoms with Gasteiger partial charge in [0, 0.05) is 11.3 Å². The summed E-state index contributed by atoms with van der Waals surface area (Å²) >= 11 is 1.24. The minimum atomic E-state index is -2.87. The predicted octanol–water partition coefficient (Wildman–Crippen LogP) is 4.64. The van der Waals surface area contributed by atoms with E-state index in [4.69, 9.17) is 9.15 Å². The third-order valence-corrected chi connectivity index (χ3v) is 4.15. The third-order valence-electron chi connectivity index (χ3n) is 3.28. The molecule has 0 N–H and O–H groups in total. The molecule has 0 aliphatic rings. The topological polar surface area (TPSA) is 57.4 Å². The standard InChI is InChI=1S/C17H14F2N2O3S/c1-22-14-9-5-3-7-12(14)15-20-21-17(24-15)25-10-11-6-2-4-8-13(11)23-16(18)19/h2-9,16H,10H2,1H3. The fourth-order valence-electron chi connectivity index (χ4n) is 2.17. The van der Waals surface area contributed by atoms with Gasteiger partial charge in [0.2, 0.25) is 0 Å². The molecule has 0 aliphatic heterocycles. The van der Waals surface area contributed by atoms with Gasteiger partial charge in [-0.2, -0.15) is 8.78 Å². The van der Waals surface area contributed by atoms with Gasteiger partial charge in [-0.05, 0) is 18.2 Å². The fraction of sp³-hybridized carbons (Fsp3) is 0.176. The molecule has 5 nitrogen and oxygen atoms in total. The first kappa shape index (κ1) is 17.2. The molecule has 8 heteroatoms. The molecule has 3 rings (SSSR count). The van der Waals surface area contributed by atoms with Crippen LogP contribution >= 0.6 is 11.8 Å². The van der Waals surface area contributed by atoms with Crippen molar-refractivity contribution in [2.24, 2.45) is 0 Å². The number of thioether (sulfide) groups is 1. The van der Waals surface area contributed by atoms with E-state index < -0.39 is 6.61 Å². The molecule has 25 heavy (non-hydrogen) atoms. The molecule has 0 atom stereocenters. The van der Waals surface area contributed by atoms with Crippen molar-refractivity contribution >= 4 is 11.8 Å². The van der Waals surface area contributed by atoms with Crippen molar-refractivity contribution < 1.29 is 22.7 Å². The van der Waals surface area contributed by atoms with E-state index in [1.54, 1.807) is 31.4 Å². The number of hydrogen-bond acceptors (Lipinski definition) is 6. The van der Waals surface area contributed by atoms with Crippen LogP contribution in [0.2, 0.25) is 0 Å². The van der Waals surface area contributed by atoms with Crippen molar-refractivity contribution in [3.8, 4) is 23.0 Å². The van der Waals surface area contributed by atoms with E-state index in [1.807, 2.05) is 18.2 Å². The van der Waals surface area contributed by atoms with Crippen LogP contribution < -0.4 is 9.47 Å². The number of methoxy groups -OCH3 is 1. The Morgan fingerprint density at radius 1 is 1.04 bits per heavy atom. The molecule has 2 aromatic carbocycles. The van der Waals surface area contributed by atoms with E-state index in [-0.39, 0.29) is 5.75 Å². The second kappa shape index (κ2) is 7.98. The van der Waals surface area contributed by atoms with Crippen LogP contribution in [-0.4, -0.2) is 23.9 Å². The number of para-hydroxylation sites is 2. The molecule has 3 aromatic rings. The fourth-order valence-corrected chi connectivity index (χ4v) is 2.93. The highest BCUT2D eigenvalue weighted by atomic mass is 32.2. The number of aromatic nitrogens is 2. The van der Waals surface area contributed by atoms with Crippen LogP contribution in [0, 0.1) is 0 Å². The zero-order valence-corrected chi connectivity index (χ0v) is 14.0. The number of rotatable bonds is 7. The Kier molecular flexibility index (Phi) is 5.49. The SMILES string of the molecule is COc1ccccc1-c1nnc(SCc2ccccc2OC(F)F)o1. The van der Waals surface area contributed by atoms with Crippen molar-refractivity contribution in [1.29, 1.82) is 0 Å². The molecule has 0 aliphatic carbocycles. The van der Waals surface area contributed by atoms with Gasteiger partial charge >= 0.3 is 6.61 Å². The summed E-state index contributed by atoms with van der Waals surface area (Å²) in [5, 5.41) is 8.31. The summed E-state index contributed by atoms with van der Waals surface area (Å²) in [4.78, 5) is 0. The highest BCUT2D eigenvalue weighted by Gasteiger charge is 2.15. The summed E-state index contributed by atoms with van der Waals surface area (Å²) in [6.07, 6.45) is 0. The zero-order valence-electron chi connectivity index (χ0n) is 13.2. The summed E-state index contributed by atoms with van der Waals surface area (Å²) < 4.78 is 40.3. The Morgan fingerprint density at radius 2 is 1.76 bits per heavy atom. The Bertz CT molecular complexity index is 842. The molecule has 0 spiro atoms. The van der Waals surface area contributed by atoms with Gasteiger partial charge in [-0.25, -0.2) is 0 Å². The van der Waals surface area contributed by atoms with E-state index >= 15 is 0 Å². The lowest BCUT2D eigenvalue weighted by atomic mass is 10.2. The first-order chi connectivity index (χ1) is 12.2. The predicted molar refractivity (Wildman–Crippen MR) is 88.9 cm³/mol. The lowest BCUT2D eigenvalue weighted by Crippen LogP contribution is -2.03. The lowest BCUT2D eigenvalue weighted by molar-refractivity contribution is -0.0503. The molecule has 1 heterocycles. The monoisotopic (exact) mass is 364 g/mol. The second-order valence-corrected chi connectivity index (χ2v) is 5.77. The summed E-state index contributed by atoms with van der Waals surface area (Å²) in [6.45, 7) is -2.87. The maximum absolute atomic E-state index is 12.4. The van der Waals surface area contributed by atoms with Crippen LogP contribution in [0.15, 0.2) is 58.2 Å². The lowest BCUT2D eigenvalue weighted by Gasteiger charge is -2.09. The second-order valence-electron chi connectivity index (χ2n) is 4.85. The van der Waals surface area contributed by atoms with E-state index in [0.717, 1.165) is 0 Å². The van der Waals surface area contributed by atoms with Crippen LogP contribution in [0.3, 0.4) is 0 Å². The van der Waals surface area contributed by atoms with Gasteiger partial charge in [0.1, 0.15) is 11.5 Å². The molecule has 0 fully saturated rings. The Labute approximate surface area is 147 Å². The van der Waals surface area contributed by atoms with Crippen molar-refractivity contribution in [2.75, 3.05) is 7.11 Å². The molecule has 130 valence electrons. The van der Waals surface area contributed by atoms with E-state index in [0.29, 0.717) is 33.7 Å². The minimum absolute atomic E-state index is 0.134. The first-order valence-corrected chi connectivity index (χ1v) is 8.28. The van der Waals surface area contributed by atoms with Crippen molar-refractivity contribution in [1.82, 2.24) is 10.2 Å². The van der Waals surface area contributed by atoms with Gasteiger partial charge in [0.25, 0.3) is 11.1 Å². The number of benzene rings is 2. The van der Waals surface area contributed by atoms with Crippen LogP contribution in [0.1, 0.15) is 5.56 Å². The molecule has 0 radical (unpaired) electrons. The quantitative estimate of drug-likeness (QED) is 0.569. The summed E-state index contributed by atoms with van der Waals surface area (Å²) in [5.74, 6) is 1.45. The normalized spacial score (nSPS) is 10.9. The van der Waals surface area contributed by atoms with Crippen LogP contribution in [-0.2, 0) is 5.75 Å². The molecule has 0 amide bonds. The largest absolute Gasteiger partial charge is 0.496 e. The number of alkyl halides is 2. The van der Waals surface area contributed by atoms with E-state index in [2.05, 4.69) is 14.9 Å². The number of halogens is 2. The van der Waals surface area contributed by atoms with Gasteiger partial charge in [-0.1, -0.05) is 42.1 Å². The highest BCUT2D eigenvalue weighted by Crippen LogP contribution is 2.32. The molecule has 0 bridgehead atoms. The minimum Gasteiger partial charge on any atom is -0.496 e. The van der Waals surface area contributed by atoms with Crippen molar-refractivity contribution in [2.45, 2.75) is 17.6 Å². The van der Waals surface area contributed by atoms with Gasteiger partial charge in [0.05, 0.1) is 12.7 Å². The molecular weight excluding hydrogens is 350 g/mol. The van der Waals surface area contributed by atoms with Crippen LogP contribution in [0.4, 0.5) is 8.78 Å². The number of nitrogens with zero attached hydrogens (tertiary/aromatic N) is 2. The zero-order chi connectivity index (χ0) is 17.6. The third kappa shape index (κ3) is 4.27. The van der Waals surface area contributed by atoms with Crippen molar-refractivity contribution in [3.63, 3.8) is 0 Å². The Morgan fingerprint density at radius 3 is 2.52 bits per heavy atom. The van der Waals surface area contributed by atoms with Gasteiger partial charge < -0.3 is 13.9 Å². The number of hydrogen-bond donors (Lipinski definition) is 0. The average Bonchev–Trinajstić information content (AvgIpc) is 3.09. The molecule has 0 saturated carbocycles. The van der Waals surface area contributed by atoms with E-state index in [1.165, 1.54) is 17.8 Å². The number of ether oxygens (including phenoxy) is 2. The Balaban J connectivity index is 1.73. The van der Waals surface area contributed by atoms with Gasteiger partial charge in [0.15, 0.2) is 0 Å². The molecule has 0 saturated heterocycles. The Hall–Kier alpha value is -2.61. The van der Waals surface area contributed by atoms with Gasteiger partial charge in [-0.15, -0.1) is 10.2 Å². The van der Waals surface area contributed by atoms with Gasteiger partial charge in [-0.3, -0.25) is 0 Å². The summed E-state index contributed by atoms with van der Waals surface area (Å²) in [7, 11) is 1.56. The summed E-state index contributed by atoms with van der Waals surface area (Å²) in [5.41, 5.74) is 1.30.